The minimum Gasteiger partial charge on any atom is -0.511 e. The molecular weight excluding hydrogens is 174 g/mol. The Kier molecular flexibility index (Phi) is 3.72. The maximum absolute atomic E-state index is 9.15. The fourth-order valence-electron chi connectivity index (χ4n) is 1.44. The molecule has 0 aliphatic carbocycles. The van der Waals surface area contributed by atoms with Crippen LogP contribution in [-0.4, -0.2) is 11.1 Å². The van der Waals surface area contributed by atoms with Crippen molar-refractivity contribution < 1.29 is 5.11 Å². The predicted molar refractivity (Wildman–Crippen MR) is 59.1 cm³/mol. The van der Waals surface area contributed by atoms with E-state index in [0.717, 1.165) is 6.42 Å². The number of rotatable bonds is 4. The quantitative estimate of drug-likeness (QED) is 0.717. The molecule has 2 heteroatoms. The number of aliphatic hydroxyl groups is 1. The number of benzene rings is 1. The van der Waals surface area contributed by atoms with Gasteiger partial charge in [-0.3, -0.25) is 0 Å². The summed E-state index contributed by atoms with van der Waals surface area (Å²) < 4.78 is 0. The summed E-state index contributed by atoms with van der Waals surface area (Å²) in [4.78, 5) is 0. The van der Waals surface area contributed by atoms with Crippen molar-refractivity contribution in [2.75, 3.05) is 0 Å². The number of nitrogens with two attached hydrogens (primary N) is 1. The van der Waals surface area contributed by atoms with Gasteiger partial charge in [0.25, 0.3) is 0 Å². The Morgan fingerprint density at radius 1 is 1.43 bits per heavy atom. The third kappa shape index (κ3) is 2.89. The molecule has 3 N–H and O–H groups in total. The van der Waals surface area contributed by atoms with E-state index < -0.39 is 0 Å². The van der Waals surface area contributed by atoms with Crippen molar-refractivity contribution in [1.82, 2.24) is 0 Å². The summed E-state index contributed by atoms with van der Waals surface area (Å²) in [5, 5.41) is 9.15. The summed E-state index contributed by atoms with van der Waals surface area (Å²) in [6.07, 6.45) is 0.863. The zero-order valence-electron chi connectivity index (χ0n) is 8.48. The molecule has 0 bridgehead atoms. The van der Waals surface area contributed by atoms with Crippen LogP contribution in [0.15, 0.2) is 42.7 Å². The summed E-state index contributed by atoms with van der Waals surface area (Å²) in [5.41, 5.74) is 6.99. The monoisotopic (exact) mass is 191 g/mol. The van der Waals surface area contributed by atoms with Gasteiger partial charge in [-0.2, -0.15) is 0 Å². The summed E-state index contributed by atoms with van der Waals surface area (Å²) in [5.74, 6) is 0.267. The standard InChI is InChI=1S/C12H17NO/c1-9(12(13)10(2)14)8-11-6-4-3-5-7-11/h3-7,9,12,14H,2,8,13H2,1H3/t9?,12-/m1/s1. The summed E-state index contributed by atoms with van der Waals surface area (Å²) in [7, 11) is 0. The molecule has 2 atom stereocenters. The van der Waals surface area contributed by atoms with E-state index in [2.05, 4.69) is 18.7 Å². The molecule has 1 aromatic rings. The van der Waals surface area contributed by atoms with Crippen LogP contribution in [0.2, 0.25) is 0 Å². The molecule has 0 aliphatic heterocycles. The predicted octanol–water partition coefficient (Wildman–Crippen LogP) is 2.26. The van der Waals surface area contributed by atoms with Gasteiger partial charge in [0, 0.05) is 0 Å². The maximum atomic E-state index is 9.15. The molecule has 0 saturated heterocycles. The highest BCUT2D eigenvalue weighted by atomic mass is 16.3. The van der Waals surface area contributed by atoms with Gasteiger partial charge in [-0.05, 0) is 17.9 Å². The minimum atomic E-state index is -0.338. The van der Waals surface area contributed by atoms with Gasteiger partial charge in [0.1, 0.15) is 5.76 Å². The first-order valence-corrected chi connectivity index (χ1v) is 4.78. The number of hydrogen-bond donors (Lipinski definition) is 2. The Hall–Kier alpha value is -1.28. The Morgan fingerprint density at radius 3 is 2.50 bits per heavy atom. The summed E-state index contributed by atoms with van der Waals surface area (Å²) in [6, 6.07) is 9.77. The van der Waals surface area contributed by atoms with E-state index >= 15 is 0 Å². The Balaban J connectivity index is 2.57. The van der Waals surface area contributed by atoms with E-state index in [9.17, 15) is 0 Å². The van der Waals surface area contributed by atoms with Crippen LogP contribution < -0.4 is 5.73 Å². The first-order chi connectivity index (χ1) is 6.61. The molecule has 0 aliphatic rings. The largest absolute Gasteiger partial charge is 0.511 e. The minimum absolute atomic E-state index is 0.0634. The van der Waals surface area contributed by atoms with Crippen LogP contribution in [0, 0.1) is 5.92 Å². The van der Waals surface area contributed by atoms with Crippen LogP contribution in [0.5, 0.6) is 0 Å². The van der Waals surface area contributed by atoms with Gasteiger partial charge < -0.3 is 10.8 Å². The maximum Gasteiger partial charge on any atom is 0.102 e. The zero-order chi connectivity index (χ0) is 10.6. The van der Waals surface area contributed by atoms with E-state index in [4.69, 9.17) is 10.8 Å². The van der Waals surface area contributed by atoms with Crippen molar-refractivity contribution in [3.05, 3.63) is 48.2 Å². The lowest BCUT2D eigenvalue weighted by Gasteiger charge is -2.18. The first kappa shape index (κ1) is 10.8. The normalized spacial score (nSPS) is 14.7. The molecule has 0 amide bonds. The van der Waals surface area contributed by atoms with Gasteiger partial charge in [-0.1, -0.05) is 43.8 Å². The molecule has 14 heavy (non-hydrogen) atoms. The molecule has 76 valence electrons. The van der Waals surface area contributed by atoms with E-state index in [1.54, 1.807) is 0 Å². The Morgan fingerprint density at radius 2 is 2.00 bits per heavy atom. The van der Waals surface area contributed by atoms with Crippen molar-refractivity contribution in [2.45, 2.75) is 19.4 Å². The van der Waals surface area contributed by atoms with E-state index in [1.807, 2.05) is 25.1 Å². The van der Waals surface area contributed by atoms with Crippen LogP contribution in [-0.2, 0) is 6.42 Å². The van der Waals surface area contributed by atoms with Gasteiger partial charge in [0.2, 0.25) is 0 Å². The van der Waals surface area contributed by atoms with Gasteiger partial charge in [0.15, 0.2) is 0 Å². The number of hydrogen-bond acceptors (Lipinski definition) is 2. The molecular formula is C12H17NO. The highest BCUT2D eigenvalue weighted by Gasteiger charge is 2.15. The van der Waals surface area contributed by atoms with Crippen LogP contribution in [0.25, 0.3) is 0 Å². The van der Waals surface area contributed by atoms with Crippen LogP contribution in [0.1, 0.15) is 12.5 Å². The van der Waals surface area contributed by atoms with Crippen LogP contribution in [0.3, 0.4) is 0 Å². The fourth-order valence-corrected chi connectivity index (χ4v) is 1.44. The molecule has 2 nitrogen and oxygen atoms in total. The SMILES string of the molecule is C=C(O)[C@H](N)C(C)Cc1ccccc1. The third-order valence-electron chi connectivity index (χ3n) is 2.40. The molecule has 1 aromatic carbocycles. The lowest BCUT2D eigenvalue weighted by molar-refractivity contribution is 0.326. The van der Waals surface area contributed by atoms with Crippen LogP contribution >= 0.6 is 0 Å². The van der Waals surface area contributed by atoms with Crippen molar-refractivity contribution in [3.8, 4) is 0 Å². The van der Waals surface area contributed by atoms with E-state index in [-0.39, 0.29) is 17.7 Å². The van der Waals surface area contributed by atoms with E-state index in [0.29, 0.717) is 0 Å². The summed E-state index contributed by atoms with van der Waals surface area (Å²) in [6.45, 7) is 5.46. The molecule has 0 radical (unpaired) electrons. The Bertz CT molecular complexity index is 294. The van der Waals surface area contributed by atoms with E-state index in [1.165, 1.54) is 5.56 Å². The lowest BCUT2D eigenvalue weighted by atomic mass is 9.94. The highest BCUT2D eigenvalue weighted by molar-refractivity contribution is 5.16. The average Bonchev–Trinajstić information content (AvgIpc) is 2.18. The molecule has 0 fully saturated rings. The van der Waals surface area contributed by atoms with Crippen molar-refractivity contribution >= 4 is 0 Å². The average molecular weight is 191 g/mol. The van der Waals surface area contributed by atoms with Gasteiger partial charge in [-0.25, -0.2) is 0 Å². The first-order valence-electron chi connectivity index (χ1n) is 4.78. The lowest BCUT2D eigenvalue weighted by Crippen LogP contribution is -2.31. The van der Waals surface area contributed by atoms with Gasteiger partial charge in [-0.15, -0.1) is 0 Å². The smallest absolute Gasteiger partial charge is 0.102 e. The second-order valence-electron chi connectivity index (χ2n) is 3.68. The number of aliphatic hydroxyl groups excluding tert-OH is 1. The molecule has 0 aromatic heterocycles. The zero-order valence-corrected chi connectivity index (χ0v) is 8.48. The second kappa shape index (κ2) is 4.82. The fraction of sp³-hybridized carbons (Fsp3) is 0.333. The van der Waals surface area contributed by atoms with Crippen LogP contribution in [0.4, 0.5) is 0 Å². The molecule has 0 heterocycles. The molecule has 1 rings (SSSR count). The van der Waals surface area contributed by atoms with Gasteiger partial charge in [0.05, 0.1) is 6.04 Å². The van der Waals surface area contributed by atoms with Crippen molar-refractivity contribution in [3.63, 3.8) is 0 Å². The summed E-state index contributed by atoms with van der Waals surface area (Å²) >= 11 is 0. The van der Waals surface area contributed by atoms with Gasteiger partial charge >= 0.3 is 0 Å². The Labute approximate surface area is 85.1 Å². The topological polar surface area (TPSA) is 46.2 Å². The molecule has 0 spiro atoms. The third-order valence-corrected chi connectivity index (χ3v) is 2.40. The molecule has 0 saturated carbocycles. The van der Waals surface area contributed by atoms with Crippen molar-refractivity contribution in [2.24, 2.45) is 11.7 Å². The second-order valence-corrected chi connectivity index (χ2v) is 3.68. The highest BCUT2D eigenvalue weighted by Crippen LogP contribution is 2.13. The van der Waals surface area contributed by atoms with Crippen molar-refractivity contribution in [1.29, 1.82) is 0 Å². The molecule has 1 unspecified atom stereocenters.